The molecule has 0 saturated heterocycles. The van der Waals surface area contributed by atoms with Gasteiger partial charge in [-0.05, 0) is 68.6 Å². The Labute approximate surface area is 191 Å². The molecule has 0 heterocycles. The zero-order valence-corrected chi connectivity index (χ0v) is 19.4. The largest absolute Gasteiger partial charge is 0.493 e. The molecule has 0 spiro atoms. The number of nitrogens with one attached hydrogen (secondary N) is 2. The second-order valence-electron chi connectivity index (χ2n) is 5.95. The fourth-order valence-corrected chi connectivity index (χ4v) is 3.22. The van der Waals surface area contributed by atoms with Gasteiger partial charge in [-0.2, -0.15) is 5.10 Å². The normalized spacial score (nSPS) is 11.4. The maximum atomic E-state index is 12.3. The van der Waals surface area contributed by atoms with Crippen LogP contribution in [0, 0.1) is 18.3 Å². The van der Waals surface area contributed by atoms with E-state index >= 15 is 0 Å². The first kappa shape index (κ1) is 23.4. The van der Waals surface area contributed by atoms with Crippen LogP contribution < -0.4 is 20.2 Å². The predicted molar refractivity (Wildman–Crippen MR) is 123 cm³/mol. The number of ether oxygens (including phenoxy) is 2. The van der Waals surface area contributed by atoms with E-state index in [1.54, 1.807) is 30.3 Å². The molecule has 0 aliphatic rings. The Morgan fingerprint density at radius 3 is 2.63 bits per heavy atom. The first-order valence-corrected chi connectivity index (χ1v) is 10.3. The molecule has 1 unspecified atom stereocenters. The number of rotatable bonds is 8. The van der Waals surface area contributed by atoms with Crippen LogP contribution in [0.1, 0.15) is 12.5 Å². The van der Waals surface area contributed by atoms with Crippen LogP contribution in [0.5, 0.6) is 11.5 Å². The van der Waals surface area contributed by atoms with Crippen LogP contribution >= 0.6 is 31.9 Å². The molecule has 0 bridgehead atoms. The van der Waals surface area contributed by atoms with Gasteiger partial charge < -0.3 is 14.8 Å². The minimum Gasteiger partial charge on any atom is -0.493 e. The third-order valence-corrected chi connectivity index (χ3v) is 5.14. The number of amides is 2. The molecule has 2 amide bonds. The van der Waals surface area contributed by atoms with E-state index in [4.69, 9.17) is 15.9 Å². The molecule has 0 aliphatic carbocycles. The number of benzene rings is 2. The standard InChI is InChI=1S/C21H19Br2N3O4/c1-4-9-30-19-16(23)10-14(11-18(19)29-3)12-24-26-21(28)13(2)20(27)25-17-8-6-5-7-15(17)22/h1,5-8,10-13H,9H2,2-3H3,(H,25,27)(H,26,28). The Bertz CT molecular complexity index is 1000. The van der Waals surface area contributed by atoms with Crippen molar-refractivity contribution in [3.05, 3.63) is 50.9 Å². The highest BCUT2D eigenvalue weighted by Crippen LogP contribution is 2.36. The molecular weight excluding hydrogens is 518 g/mol. The van der Waals surface area contributed by atoms with Gasteiger partial charge in [0.2, 0.25) is 5.91 Å². The summed E-state index contributed by atoms with van der Waals surface area (Å²) in [5, 5.41) is 6.61. The Morgan fingerprint density at radius 2 is 1.97 bits per heavy atom. The number of carbonyl (C=O) groups is 2. The van der Waals surface area contributed by atoms with Crippen LogP contribution in [0.3, 0.4) is 0 Å². The van der Waals surface area contributed by atoms with Gasteiger partial charge in [0.1, 0.15) is 12.5 Å². The lowest BCUT2D eigenvalue weighted by atomic mass is 10.1. The van der Waals surface area contributed by atoms with E-state index in [2.05, 4.69) is 53.6 Å². The van der Waals surface area contributed by atoms with Gasteiger partial charge in [-0.1, -0.05) is 18.1 Å². The molecule has 0 saturated carbocycles. The van der Waals surface area contributed by atoms with E-state index in [1.165, 1.54) is 20.2 Å². The summed E-state index contributed by atoms with van der Waals surface area (Å²) in [5.41, 5.74) is 3.58. The number of terminal acetylenes is 1. The van der Waals surface area contributed by atoms with Crippen molar-refractivity contribution in [2.24, 2.45) is 11.0 Å². The van der Waals surface area contributed by atoms with Crippen LogP contribution in [0.2, 0.25) is 0 Å². The molecule has 30 heavy (non-hydrogen) atoms. The third kappa shape index (κ3) is 6.34. The number of para-hydroxylation sites is 1. The van der Waals surface area contributed by atoms with Crippen molar-refractivity contribution in [3.63, 3.8) is 0 Å². The minimum absolute atomic E-state index is 0.0952. The summed E-state index contributed by atoms with van der Waals surface area (Å²) in [6, 6.07) is 10.5. The quantitative estimate of drug-likeness (QED) is 0.231. The Kier molecular flexibility index (Phi) is 8.89. The summed E-state index contributed by atoms with van der Waals surface area (Å²) in [5.74, 6) is 1.36. The number of hydrazone groups is 1. The average molecular weight is 537 g/mol. The van der Waals surface area contributed by atoms with Gasteiger partial charge in [0, 0.05) is 4.47 Å². The summed E-state index contributed by atoms with van der Waals surface area (Å²) < 4.78 is 12.1. The summed E-state index contributed by atoms with van der Waals surface area (Å²) in [6.07, 6.45) is 6.64. The van der Waals surface area contributed by atoms with Gasteiger partial charge in [0.05, 0.1) is 23.5 Å². The van der Waals surface area contributed by atoms with Crippen LogP contribution in [-0.2, 0) is 9.59 Å². The van der Waals surface area contributed by atoms with Crippen molar-refractivity contribution in [3.8, 4) is 23.8 Å². The van der Waals surface area contributed by atoms with Crippen molar-refractivity contribution >= 4 is 55.6 Å². The van der Waals surface area contributed by atoms with Gasteiger partial charge in [-0.15, -0.1) is 6.42 Å². The fourth-order valence-electron chi connectivity index (χ4n) is 2.26. The highest BCUT2D eigenvalue weighted by Gasteiger charge is 2.21. The molecule has 156 valence electrons. The monoisotopic (exact) mass is 535 g/mol. The van der Waals surface area contributed by atoms with E-state index in [-0.39, 0.29) is 6.61 Å². The lowest BCUT2D eigenvalue weighted by Gasteiger charge is -2.12. The molecule has 1 atom stereocenters. The summed E-state index contributed by atoms with van der Waals surface area (Å²) in [6.45, 7) is 1.59. The highest BCUT2D eigenvalue weighted by atomic mass is 79.9. The summed E-state index contributed by atoms with van der Waals surface area (Å²) in [4.78, 5) is 24.5. The number of halogens is 2. The van der Waals surface area contributed by atoms with Crippen molar-refractivity contribution < 1.29 is 19.1 Å². The summed E-state index contributed by atoms with van der Waals surface area (Å²) >= 11 is 6.73. The van der Waals surface area contributed by atoms with Crippen LogP contribution in [0.25, 0.3) is 0 Å². The first-order chi connectivity index (χ1) is 14.4. The van der Waals surface area contributed by atoms with Gasteiger partial charge >= 0.3 is 0 Å². The second kappa shape index (κ2) is 11.4. The number of nitrogens with zero attached hydrogens (tertiary/aromatic N) is 1. The van der Waals surface area contributed by atoms with E-state index in [9.17, 15) is 9.59 Å². The lowest BCUT2D eigenvalue weighted by Crippen LogP contribution is -2.34. The van der Waals surface area contributed by atoms with E-state index in [0.29, 0.717) is 27.2 Å². The Morgan fingerprint density at radius 1 is 1.23 bits per heavy atom. The van der Waals surface area contributed by atoms with E-state index in [1.807, 2.05) is 6.07 Å². The van der Waals surface area contributed by atoms with Crippen LogP contribution in [0.15, 0.2) is 50.4 Å². The molecule has 2 rings (SSSR count). The third-order valence-electron chi connectivity index (χ3n) is 3.86. The SMILES string of the molecule is C#CCOc1c(Br)cc(C=NNC(=O)C(C)C(=O)Nc2ccccc2Br)cc1OC. The zero-order chi connectivity index (χ0) is 22.1. The molecule has 2 N–H and O–H groups in total. The van der Waals surface area contributed by atoms with Gasteiger partial charge in [-0.3, -0.25) is 9.59 Å². The molecular formula is C21H19Br2N3O4. The number of hydrogen-bond donors (Lipinski definition) is 2. The number of hydrogen-bond acceptors (Lipinski definition) is 5. The molecule has 0 aromatic heterocycles. The molecule has 7 nitrogen and oxygen atoms in total. The Hall–Kier alpha value is -2.83. The first-order valence-electron chi connectivity index (χ1n) is 8.69. The van der Waals surface area contributed by atoms with Gasteiger partial charge in [-0.25, -0.2) is 5.43 Å². The number of methoxy groups -OCH3 is 1. The average Bonchev–Trinajstić information content (AvgIpc) is 2.73. The molecule has 2 aromatic rings. The van der Waals surface area contributed by atoms with Crippen LogP contribution in [0.4, 0.5) is 5.69 Å². The smallest absolute Gasteiger partial charge is 0.252 e. The zero-order valence-electron chi connectivity index (χ0n) is 16.2. The number of carbonyl (C=O) groups excluding carboxylic acids is 2. The van der Waals surface area contributed by atoms with E-state index < -0.39 is 17.7 Å². The molecule has 9 heteroatoms. The van der Waals surface area contributed by atoms with Crippen molar-refractivity contribution in [1.82, 2.24) is 5.43 Å². The molecule has 2 aromatic carbocycles. The lowest BCUT2D eigenvalue weighted by molar-refractivity contribution is -0.131. The second-order valence-corrected chi connectivity index (χ2v) is 7.66. The van der Waals surface area contributed by atoms with Crippen molar-refractivity contribution in [2.45, 2.75) is 6.92 Å². The topological polar surface area (TPSA) is 89.0 Å². The summed E-state index contributed by atoms with van der Waals surface area (Å²) in [7, 11) is 1.50. The fraction of sp³-hybridized carbons (Fsp3) is 0.190. The van der Waals surface area contributed by atoms with Crippen molar-refractivity contribution in [1.29, 1.82) is 0 Å². The molecule has 0 radical (unpaired) electrons. The number of anilines is 1. The van der Waals surface area contributed by atoms with Crippen molar-refractivity contribution in [2.75, 3.05) is 19.0 Å². The van der Waals surface area contributed by atoms with Gasteiger partial charge in [0.15, 0.2) is 11.5 Å². The van der Waals surface area contributed by atoms with Crippen LogP contribution in [-0.4, -0.2) is 31.7 Å². The highest BCUT2D eigenvalue weighted by molar-refractivity contribution is 9.11. The maximum Gasteiger partial charge on any atom is 0.252 e. The van der Waals surface area contributed by atoms with E-state index in [0.717, 1.165) is 4.47 Å². The molecule has 0 fully saturated rings. The van der Waals surface area contributed by atoms with Gasteiger partial charge in [0.25, 0.3) is 5.91 Å². The molecule has 0 aliphatic heterocycles. The minimum atomic E-state index is -0.949. The maximum absolute atomic E-state index is 12.3. The predicted octanol–water partition coefficient (Wildman–Crippen LogP) is 3.96. The Balaban J connectivity index is 2.01.